The number of fused-ring (bicyclic) bond motifs is 1. The van der Waals surface area contributed by atoms with E-state index in [0.717, 1.165) is 11.3 Å². The number of alkyl halides is 3. The quantitative estimate of drug-likeness (QED) is 0.644. The Balaban J connectivity index is 1.40. The van der Waals surface area contributed by atoms with Crippen molar-refractivity contribution in [2.24, 2.45) is 0 Å². The number of ether oxygens (including phenoxy) is 1. The van der Waals surface area contributed by atoms with Crippen LogP contribution in [0.1, 0.15) is 24.8 Å². The van der Waals surface area contributed by atoms with E-state index in [0.29, 0.717) is 37.5 Å². The molecule has 12 heteroatoms. The Bertz CT molecular complexity index is 1150. The van der Waals surface area contributed by atoms with Crippen molar-refractivity contribution in [1.29, 1.82) is 0 Å². The van der Waals surface area contributed by atoms with Gasteiger partial charge in [-0.2, -0.15) is 13.2 Å². The van der Waals surface area contributed by atoms with Crippen molar-refractivity contribution in [3.05, 3.63) is 36.2 Å². The minimum atomic E-state index is -4.51. The number of nitrogens with zero attached hydrogens (tertiary/aromatic N) is 4. The van der Waals surface area contributed by atoms with Gasteiger partial charge in [0.2, 0.25) is 11.8 Å². The van der Waals surface area contributed by atoms with Crippen LogP contribution in [0, 0.1) is 0 Å². The summed E-state index contributed by atoms with van der Waals surface area (Å²) >= 11 is 0. The van der Waals surface area contributed by atoms with E-state index in [2.05, 4.69) is 9.97 Å². The number of sulfone groups is 1. The van der Waals surface area contributed by atoms with E-state index in [1.54, 1.807) is 24.3 Å². The Kier molecular flexibility index (Phi) is 6.21. The van der Waals surface area contributed by atoms with E-state index >= 15 is 0 Å². The van der Waals surface area contributed by atoms with Gasteiger partial charge in [-0.05, 0) is 30.2 Å². The fourth-order valence-corrected chi connectivity index (χ4v) is 4.74. The highest BCUT2D eigenvalue weighted by molar-refractivity contribution is 7.90. The lowest BCUT2D eigenvalue weighted by Gasteiger charge is -2.32. The molecule has 0 aliphatic carbocycles. The first-order chi connectivity index (χ1) is 15.5. The van der Waals surface area contributed by atoms with Crippen LogP contribution in [-0.2, 0) is 21.1 Å². The number of likely N-dealkylation sites (tertiary alicyclic amines) is 1. The first-order valence-corrected chi connectivity index (χ1v) is 12.3. The number of hydrogen-bond acceptors (Lipinski definition) is 7. The first kappa shape index (κ1) is 23.3. The van der Waals surface area contributed by atoms with Crippen LogP contribution >= 0.6 is 0 Å². The van der Waals surface area contributed by atoms with Gasteiger partial charge in [0.05, 0.1) is 4.90 Å². The van der Waals surface area contributed by atoms with Crippen LogP contribution in [0.3, 0.4) is 0 Å². The van der Waals surface area contributed by atoms with Crippen molar-refractivity contribution >= 4 is 27.2 Å². The number of amides is 1. The minimum Gasteiger partial charge on any atom is -0.474 e. The monoisotopic (exact) mass is 484 g/mol. The Labute approximate surface area is 189 Å². The van der Waals surface area contributed by atoms with E-state index < -0.39 is 28.3 Å². The predicted octanol–water partition coefficient (Wildman–Crippen LogP) is 2.90. The van der Waals surface area contributed by atoms with Gasteiger partial charge in [-0.15, -0.1) is 0 Å². The van der Waals surface area contributed by atoms with Crippen LogP contribution in [-0.4, -0.2) is 67.4 Å². The van der Waals surface area contributed by atoms with Gasteiger partial charge in [0, 0.05) is 50.5 Å². The molecule has 2 aliphatic heterocycles. The highest BCUT2D eigenvalue weighted by atomic mass is 32.2. The number of benzene rings is 1. The molecule has 1 amide bonds. The zero-order chi connectivity index (χ0) is 23.8. The third kappa shape index (κ3) is 5.55. The molecule has 0 spiro atoms. The van der Waals surface area contributed by atoms with Gasteiger partial charge in [-0.25, -0.2) is 18.4 Å². The van der Waals surface area contributed by atoms with Crippen molar-refractivity contribution in [1.82, 2.24) is 14.9 Å². The normalized spacial score (nSPS) is 17.2. The van der Waals surface area contributed by atoms with Crippen molar-refractivity contribution in [2.75, 3.05) is 30.8 Å². The molecule has 1 saturated heterocycles. The highest BCUT2D eigenvalue weighted by Crippen LogP contribution is 2.35. The lowest BCUT2D eigenvalue weighted by molar-refractivity contribution is -0.162. The minimum absolute atomic E-state index is 0.194. The molecule has 2 aliphatic rings. The van der Waals surface area contributed by atoms with Gasteiger partial charge < -0.3 is 14.5 Å². The number of rotatable bonds is 5. The Hall–Kier alpha value is -2.89. The smallest absolute Gasteiger partial charge is 0.397 e. The lowest BCUT2D eigenvalue weighted by Crippen LogP contribution is -2.43. The summed E-state index contributed by atoms with van der Waals surface area (Å²) < 4.78 is 66.9. The summed E-state index contributed by atoms with van der Waals surface area (Å²) in [6.07, 6.45) is -2.21. The van der Waals surface area contributed by atoms with Crippen LogP contribution in [0.5, 0.6) is 5.88 Å². The Morgan fingerprint density at radius 1 is 1.15 bits per heavy atom. The molecule has 0 saturated carbocycles. The SMILES string of the molecule is CS(=O)(=O)c1ccc2c(c1)CCN2c1cc(OC2CCN(C(=O)CC(F)(F)F)CC2)ncn1. The van der Waals surface area contributed by atoms with E-state index in [9.17, 15) is 26.4 Å². The van der Waals surface area contributed by atoms with Crippen LogP contribution in [0.25, 0.3) is 0 Å². The average Bonchev–Trinajstić information content (AvgIpc) is 3.16. The molecule has 0 bridgehead atoms. The van der Waals surface area contributed by atoms with Crippen molar-refractivity contribution in [3.8, 4) is 5.88 Å². The molecule has 3 heterocycles. The summed E-state index contributed by atoms with van der Waals surface area (Å²) in [5.74, 6) is 0.0157. The molecule has 4 rings (SSSR count). The summed E-state index contributed by atoms with van der Waals surface area (Å²) in [5.41, 5.74) is 1.78. The van der Waals surface area contributed by atoms with Gasteiger partial charge in [-0.3, -0.25) is 4.79 Å². The van der Waals surface area contributed by atoms with E-state index in [-0.39, 0.29) is 24.1 Å². The number of carbonyl (C=O) groups excluding carboxylic acids is 1. The molecule has 8 nitrogen and oxygen atoms in total. The molecular weight excluding hydrogens is 461 g/mol. The van der Waals surface area contributed by atoms with Gasteiger partial charge >= 0.3 is 6.18 Å². The maximum absolute atomic E-state index is 12.4. The summed E-state index contributed by atoms with van der Waals surface area (Å²) in [4.78, 5) is 23.6. The topological polar surface area (TPSA) is 92.7 Å². The molecule has 1 fully saturated rings. The van der Waals surface area contributed by atoms with Gasteiger partial charge in [0.1, 0.15) is 24.7 Å². The molecule has 2 aromatic rings. The molecule has 178 valence electrons. The molecule has 1 aromatic carbocycles. The van der Waals surface area contributed by atoms with Gasteiger partial charge in [-0.1, -0.05) is 0 Å². The number of piperidine rings is 1. The molecule has 0 N–H and O–H groups in total. The summed E-state index contributed by atoms with van der Waals surface area (Å²) in [6.45, 7) is 1.01. The second-order valence-corrected chi connectivity index (χ2v) is 10.2. The van der Waals surface area contributed by atoms with Crippen LogP contribution in [0.2, 0.25) is 0 Å². The van der Waals surface area contributed by atoms with E-state index in [4.69, 9.17) is 4.74 Å². The van der Waals surface area contributed by atoms with Gasteiger partial charge in [0.15, 0.2) is 9.84 Å². The molecule has 33 heavy (non-hydrogen) atoms. The second kappa shape index (κ2) is 8.81. The average molecular weight is 485 g/mol. The third-order valence-electron chi connectivity index (χ3n) is 5.71. The van der Waals surface area contributed by atoms with Crippen LogP contribution < -0.4 is 9.64 Å². The Morgan fingerprint density at radius 2 is 1.88 bits per heavy atom. The fourth-order valence-electron chi connectivity index (χ4n) is 4.07. The number of halogens is 3. The largest absolute Gasteiger partial charge is 0.474 e. The predicted molar refractivity (Wildman–Crippen MR) is 113 cm³/mol. The molecule has 0 radical (unpaired) electrons. The zero-order valence-electron chi connectivity index (χ0n) is 17.9. The number of carbonyl (C=O) groups is 1. The van der Waals surface area contributed by atoms with Crippen LogP contribution in [0.4, 0.5) is 24.7 Å². The Morgan fingerprint density at radius 3 is 2.55 bits per heavy atom. The van der Waals surface area contributed by atoms with E-state index in [1.165, 1.54) is 17.5 Å². The lowest BCUT2D eigenvalue weighted by atomic mass is 10.1. The standard InChI is InChI=1S/C21H23F3N4O4S/c1-33(30,31)16-2-3-17-14(10-16)4-9-28(17)18-11-19(26-13-25-18)32-15-5-7-27(8-6-15)20(29)12-21(22,23)24/h2-3,10-11,13,15H,4-9,12H2,1H3. The molecular formula is C21H23F3N4O4S. The molecule has 0 unspecified atom stereocenters. The molecule has 1 aromatic heterocycles. The van der Waals surface area contributed by atoms with Crippen molar-refractivity contribution in [3.63, 3.8) is 0 Å². The number of hydrogen-bond donors (Lipinski definition) is 0. The number of aromatic nitrogens is 2. The van der Waals surface area contributed by atoms with Crippen molar-refractivity contribution in [2.45, 2.75) is 42.9 Å². The molecule has 0 atom stereocenters. The second-order valence-electron chi connectivity index (χ2n) is 8.17. The zero-order valence-corrected chi connectivity index (χ0v) is 18.7. The maximum Gasteiger partial charge on any atom is 0.397 e. The summed E-state index contributed by atoms with van der Waals surface area (Å²) in [6, 6.07) is 6.69. The highest BCUT2D eigenvalue weighted by Gasteiger charge is 2.35. The summed E-state index contributed by atoms with van der Waals surface area (Å²) in [7, 11) is -3.29. The summed E-state index contributed by atoms with van der Waals surface area (Å²) in [5, 5.41) is 0. The fraction of sp³-hybridized carbons (Fsp3) is 0.476. The van der Waals surface area contributed by atoms with Crippen molar-refractivity contribution < 1.29 is 31.1 Å². The van der Waals surface area contributed by atoms with Gasteiger partial charge in [0.25, 0.3) is 0 Å². The first-order valence-electron chi connectivity index (χ1n) is 10.4. The van der Waals surface area contributed by atoms with E-state index in [1.807, 2.05) is 4.90 Å². The maximum atomic E-state index is 12.4. The van der Waals surface area contributed by atoms with Crippen LogP contribution in [0.15, 0.2) is 35.5 Å². The number of anilines is 2. The third-order valence-corrected chi connectivity index (χ3v) is 6.82.